The highest BCUT2D eigenvalue weighted by atomic mass is 35.5. The summed E-state index contributed by atoms with van der Waals surface area (Å²) < 4.78 is 5.28. The highest BCUT2D eigenvalue weighted by Gasteiger charge is 2.24. The van der Waals surface area contributed by atoms with Gasteiger partial charge in [0, 0.05) is 22.6 Å². The summed E-state index contributed by atoms with van der Waals surface area (Å²) in [5.74, 6) is -0.167. The zero-order valence-corrected chi connectivity index (χ0v) is 9.96. The van der Waals surface area contributed by atoms with Crippen LogP contribution in [-0.2, 0) is 9.53 Å². The van der Waals surface area contributed by atoms with Gasteiger partial charge in [-0.1, -0.05) is 35.9 Å². The summed E-state index contributed by atoms with van der Waals surface area (Å²) in [4.78, 5) is 11.5. The molecule has 0 bridgehead atoms. The first-order valence-corrected chi connectivity index (χ1v) is 5.84. The highest BCUT2D eigenvalue weighted by Crippen LogP contribution is 2.32. The molecule has 0 aliphatic carbocycles. The van der Waals surface area contributed by atoms with Gasteiger partial charge in [0.25, 0.3) is 0 Å². The maximum atomic E-state index is 11.5. The summed E-state index contributed by atoms with van der Waals surface area (Å²) in [6.45, 7) is 0. The van der Waals surface area contributed by atoms with Crippen molar-refractivity contribution in [2.45, 2.75) is 12.5 Å². The fraction of sp³-hybridized carbons (Fsp3) is 0.250. The normalized spacial score (nSPS) is 20.2. The van der Waals surface area contributed by atoms with E-state index in [2.05, 4.69) is 0 Å². The van der Waals surface area contributed by atoms with Gasteiger partial charge in [0.1, 0.15) is 6.10 Å². The summed E-state index contributed by atoms with van der Waals surface area (Å²) in [5, 5.41) is 0.614. The van der Waals surface area contributed by atoms with Gasteiger partial charge in [0.05, 0.1) is 5.88 Å². The van der Waals surface area contributed by atoms with E-state index < -0.39 is 0 Å². The van der Waals surface area contributed by atoms with Gasteiger partial charge >= 0.3 is 5.97 Å². The van der Waals surface area contributed by atoms with Crippen LogP contribution in [0.15, 0.2) is 35.9 Å². The van der Waals surface area contributed by atoms with E-state index in [1.807, 2.05) is 24.3 Å². The lowest BCUT2D eigenvalue weighted by Gasteiger charge is -2.22. The SMILES string of the molecule is O=C1OC(c2ccccc2Cl)CC=C1CCl. The average molecular weight is 257 g/mol. The molecule has 2 rings (SSSR count). The van der Waals surface area contributed by atoms with Crippen molar-refractivity contribution in [2.75, 3.05) is 5.88 Å². The Morgan fingerprint density at radius 3 is 2.75 bits per heavy atom. The van der Waals surface area contributed by atoms with Gasteiger partial charge < -0.3 is 4.74 Å². The van der Waals surface area contributed by atoms with Crippen molar-refractivity contribution in [1.29, 1.82) is 0 Å². The lowest BCUT2D eigenvalue weighted by molar-refractivity contribution is -0.145. The van der Waals surface area contributed by atoms with E-state index >= 15 is 0 Å². The minimum atomic E-state index is -0.355. The molecule has 1 aliphatic heterocycles. The zero-order valence-electron chi connectivity index (χ0n) is 8.45. The Labute approximate surface area is 104 Å². The third-order valence-corrected chi connectivity index (χ3v) is 3.12. The van der Waals surface area contributed by atoms with Gasteiger partial charge in [-0.25, -0.2) is 4.79 Å². The number of esters is 1. The van der Waals surface area contributed by atoms with Crippen LogP contribution in [0.2, 0.25) is 5.02 Å². The van der Waals surface area contributed by atoms with Crippen molar-refractivity contribution in [3.8, 4) is 0 Å². The Kier molecular flexibility index (Phi) is 3.52. The maximum Gasteiger partial charge on any atom is 0.335 e. The Bertz CT molecular complexity index is 440. The summed E-state index contributed by atoms with van der Waals surface area (Å²) in [6.07, 6.45) is 2.14. The average Bonchev–Trinajstić information content (AvgIpc) is 2.29. The van der Waals surface area contributed by atoms with E-state index in [1.54, 1.807) is 6.07 Å². The Hall–Kier alpha value is -0.990. The van der Waals surface area contributed by atoms with Gasteiger partial charge in [-0.2, -0.15) is 0 Å². The van der Waals surface area contributed by atoms with Crippen molar-refractivity contribution < 1.29 is 9.53 Å². The van der Waals surface area contributed by atoms with E-state index in [-0.39, 0.29) is 18.0 Å². The number of rotatable bonds is 2. The molecular formula is C12H10Cl2O2. The molecule has 0 saturated carbocycles. The minimum Gasteiger partial charge on any atom is -0.454 e. The Morgan fingerprint density at radius 2 is 2.12 bits per heavy atom. The molecule has 16 heavy (non-hydrogen) atoms. The van der Waals surface area contributed by atoms with Gasteiger partial charge in [-0.3, -0.25) is 0 Å². The number of carbonyl (C=O) groups excluding carboxylic acids is 1. The first kappa shape index (κ1) is 11.5. The van der Waals surface area contributed by atoms with Crippen molar-refractivity contribution in [3.63, 3.8) is 0 Å². The number of benzene rings is 1. The summed E-state index contributed by atoms with van der Waals surface area (Å²) in [5.41, 5.74) is 1.35. The third-order valence-electron chi connectivity index (χ3n) is 2.49. The number of halogens is 2. The van der Waals surface area contributed by atoms with Crippen LogP contribution in [-0.4, -0.2) is 11.8 Å². The van der Waals surface area contributed by atoms with Crippen LogP contribution < -0.4 is 0 Å². The Balaban J connectivity index is 2.24. The molecule has 0 fully saturated rings. The molecule has 0 spiro atoms. The van der Waals surface area contributed by atoms with Crippen molar-refractivity contribution in [1.82, 2.24) is 0 Å². The van der Waals surface area contributed by atoms with Crippen molar-refractivity contribution in [3.05, 3.63) is 46.5 Å². The van der Waals surface area contributed by atoms with E-state index in [4.69, 9.17) is 27.9 Å². The predicted octanol–water partition coefficient (Wildman–Crippen LogP) is 3.49. The predicted molar refractivity (Wildman–Crippen MR) is 63.7 cm³/mol. The minimum absolute atomic E-state index is 0.189. The van der Waals surface area contributed by atoms with Gasteiger partial charge in [-0.15, -0.1) is 11.6 Å². The lowest BCUT2D eigenvalue weighted by Crippen LogP contribution is -2.18. The summed E-state index contributed by atoms with van der Waals surface area (Å²) >= 11 is 11.6. The number of hydrogen-bond acceptors (Lipinski definition) is 2. The molecule has 84 valence electrons. The summed E-state index contributed by atoms with van der Waals surface area (Å²) in [6, 6.07) is 7.36. The lowest BCUT2D eigenvalue weighted by atomic mass is 10.0. The molecule has 0 amide bonds. The molecule has 1 heterocycles. The standard InChI is InChI=1S/C12H10Cl2O2/c13-7-8-5-6-11(16-12(8)15)9-3-1-2-4-10(9)14/h1-5,11H,6-7H2. The molecule has 1 aliphatic rings. The third kappa shape index (κ3) is 2.23. The smallest absolute Gasteiger partial charge is 0.335 e. The number of ether oxygens (including phenoxy) is 1. The second kappa shape index (κ2) is 4.89. The van der Waals surface area contributed by atoms with E-state index in [0.717, 1.165) is 5.56 Å². The molecule has 0 aromatic heterocycles. The Morgan fingerprint density at radius 1 is 1.38 bits per heavy atom. The molecule has 0 N–H and O–H groups in total. The fourth-order valence-electron chi connectivity index (χ4n) is 1.62. The van der Waals surface area contributed by atoms with Crippen LogP contribution in [0.5, 0.6) is 0 Å². The number of carbonyl (C=O) groups is 1. The molecule has 1 unspecified atom stereocenters. The van der Waals surface area contributed by atoms with Crippen LogP contribution in [0, 0.1) is 0 Å². The number of alkyl halides is 1. The number of hydrogen-bond donors (Lipinski definition) is 0. The van der Waals surface area contributed by atoms with Crippen LogP contribution in [0.25, 0.3) is 0 Å². The van der Waals surface area contributed by atoms with Crippen LogP contribution >= 0.6 is 23.2 Å². The maximum absolute atomic E-state index is 11.5. The zero-order chi connectivity index (χ0) is 11.5. The van der Waals surface area contributed by atoms with Crippen molar-refractivity contribution >= 4 is 29.2 Å². The first-order chi connectivity index (χ1) is 7.72. The van der Waals surface area contributed by atoms with E-state index in [9.17, 15) is 4.79 Å². The fourth-order valence-corrected chi connectivity index (χ4v) is 2.10. The largest absolute Gasteiger partial charge is 0.454 e. The van der Waals surface area contributed by atoms with E-state index in [0.29, 0.717) is 17.0 Å². The summed E-state index contributed by atoms with van der Waals surface area (Å²) in [7, 11) is 0. The van der Waals surface area contributed by atoms with Crippen LogP contribution in [0.3, 0.4) is 0 Å². The molecule has 0 saturated heterocycles. The van der Waals surface area contributed by atoms with Gasteiger partial charge in [0.2, 0.25) is 0 Å². The molecule has 2 nitrogen and oxygen atoms in total. The second-order valence-electron chi connectivity index (χ2n) is 3.51. The van der Waals surface area contributed by atoms with Crippen molar-refractivity contribution in [2.24, 2.45) is 0 Å². The van der Waals surface area contributed by atoms with Crippen LogP contribution in [0.1, 0.15) is 18.1 Å². The second-order valence-corrected chi connectivity index (χ2v) is 4.19. The quantitative estimate of drug-likeness (QED) is 0.598. The molecule has 1 atom stereocenters. The topological polar surface area (TPSA) is 26.3 Å². The first-order valence-electron chi connectivity index (χ1n) is 4.92. The molecule has 1 aromatic rings. The monoisotopic (exact) mass is 256 g/mol. The molecule has 1 aromatic carbocycles. The molecule has 4 heteroatoms. The molecular weight excluding hydrogens is 247 g/mol. The molecule has 0 radical (unpaired) electrons. The highest BCUT2D eigenvalue weighted by molar-refractivity contribution is 6.31. The van der Waals surface area contributed by atoms with Gasteiger partial charge in [-0.05, 0) is 6.07 Å². The number of cyclic esters (lactones) is 1. The van der Waals surface area contributed by atoms with E-state index in [1.165, 1.54) is 0 Å². The van der Waals surface area contributed by atoms with Crippen LogP contribution in [0.4, 0.5) is 0 Å². The van der Waals surface area contributed by atoms with Gasteiger partial charge in [0.15, 0.2) is 0 Å².